The van der Waals surface area contributed by atoms with Crippen molar-refractivity contribution >= 4 is 39.4 Å². The lowest BCUT2D eigenvalue weighted by atomic mass is 9.95. The summed E-state index contributed by atoms with van der Waals surface area (Å²) in [6.45, 7) is 0. The van der Waals surface area contributed by atoms with Crippen LogP contribution < -0.4 is 9.46 Å². The summed E-state index contributed by atoms with van der Waals surface area (Å²) in [5.41, 5.74) is -0.00630. The van der Waals surface area contributed by atoms with E-state index in [2.05, 4.69) is 4.72 Å². The third-order valence-corrected chi connectivity index (χ3v) is 4.78. The number of sulfonamides is 1. The first-order valence-electron chi connectivity index (χ1n) is 7.95. The number of alkyl halides is 3. The minimum Gasteiger partial charge on any atom is -0.478 e. The minimum atomic E-state index is -4.94. The maximum Gasteiger partial charge on any atom is 0.430 e. The van der Waals surface area contributed by atoms with E-state index in [4.69, 9.17) is 21.4 Å². The van der Waals surface area contributed by atoms with Crippen LogP contribution in [0.4, 0.5) is 18.9 Å². The maximum atomic E-state index is 13.3. The van der Waals surface area contributed by atoms with Crippen LogP contribution in [0, 0.1) is 0 Å². The molecule has 154 valence electrons. The third kappa shape index (κ3) is 4.65. The van der Waals surface area contributed by atoms with Gasteiger partial charge >= 0.3 is 12.1 Å². The minimum absolute atomic E-state index is 0.0868. The molecule has 0 aromatic heterocycles. The zero-order valence-corrected chi connectivity index (χ0v) is 16.2. The van der Waals surface area contributed by atoms with Crippen LogP contribution in [0.5, 0.6) is 5.75 Å². The Balaban J connectivity index is 2.11. The first-order valence-corrected chi connectivity index (χ1v) is 10.2. The molecule has 0 spiro atoms. The fourth-order valence-corrected chi connectivity index (χ4v) is 3.63. The lowest BCUT2D eigenvalue weighted by Crippen LogP contribution is -2.40. The summed E-state index contributed by atoms with van der Waals surface area (Å²) in [4.78, 5) is 11.3. The highest BCUT2D eigenvalue weighted by atomic mass is 35.5. The molecule has 3 rings (SSSR count). The number of halogens is 4. The molecule has 11 heteroatoms. The number of rotatable bonds is 4. The van der Waals surface area contributed by atoms with Crippen LogP contribution in [0.1, 0.15) is 5.56 Å². The van der Waals surface area contributed by atoms with Gasteiger partial charge in [0.15, 0.2) is 0 Å². The van der Waals surface area contributed by atoms with Gasteiger partial charge in [-0.15, -0.1) is 0 Å². The van der Waals surface area contributed by atoms with Gasteiger partial charge < -0.3 is 9.84 Å². The van der Waals surface area contributed by atoms with Gasteiger partial charge in [-0.2, -0.15) is 13.2 Å². The van der Waals surface area contributed by atoms with Crippen LogP contribution in [0.15, 0.2) is 42.0 Å². The van der Waals surface area contributed by atoms with Gasteiger partial charge in [-0.1, -0.05) is 23.7 Å². The number of carbonyl (C=O) groups is 1. The van der Waals surface area contributed by atoms with Gasteiger partial charge in [0.2, 0.25) is 16.1 Å². The molecule has 0 radical (unpaired) electrons. The van der Waals surface area contributed by atoms with Crippen LogP contribution in [0.3, 0.4) is 0 Å². The average molecular weight is 448 g/mol. The summed E-state index contributed by atoms with van der Waals surface area (Å²) in [5.74, 6) is -1.93. The Morgan fingerprint density at radius 1 is 1.21 bits per heavy atom. The van der Waals surface area contributed by atoms with Gasteiger partial charge in [0, 0.05) is 21.8 Å². The van der Waals surface area contributed by atoms with Crippen molar-refractivity contribution in [3.8, 4) is 16.9 Å². The van der Waals surface area contributed by atoms with Crippen LogP contribution in [0.25, 0.3) is 17.2 Å². The molecule has 1 aliphatic rings. The predicted molar refractivity (Wildman–Crippen MR) is 101 cm³/mol. The zero-order valence-electron chi connectivity index (χ0n) is 14.6. The molecular weight excluding hydrogens is 435 g/mol. The van der Waals surface area contributed by atoms with Crippen molar-refractivity contribution in [2.75, 3.05) is 11.0 Å². The number of nitrogens with one attached hydrogen (secondary N) is 1. The van der Waals surface area contributed by atoms with E-state index < -0.39 is 33.8 Å². The summed E-state index contributed by atoms with van der Waals surface area (Å²) in [6.07, 6.45) is -5.72. The van der Waals surface area contributed by atoms with Crippen LogP contribution in [-0.4, -0.2) is 38.0 Å². The van der Waals surface area contributed by atoms with Crippen LogP contribution in [-0.2, 0) is 14.8 Å². The Bertz CT molecular complexity index is 1110. The Morgan fingerprint density at radius 2 is 1.83 bits per heavy atom. The fourth-order valence-electron chi connectivity index (χ4n) is 2.84. The summed E-state index contributed by atoms with van der Waals surface area (Å²) in [6, 6.07) is 8.48. The SMILES string of the molecule is CS(=O)(=O)Nc1ccc(-c2cc(Cl)cc3c2OC(C(F)(F)F)C(C(=O)O)=C3)cc1. The summed E-state index contributed by atoms with van der Waals surface area (Å²) >= 11 is 6.06. The van der Waals surface area contributed by atoms with Crippen molar-refractivity contribution in [2.24, 2.45) is 0 Å². The highest BCUT2D eigenvalue weighted by Crippen LogP contribution is 2.44. The number of fused-ring (bicyclic) bond motifs is 1. The molecule has 1 atom stereocenters. The van der Waals surface area contributed by atoms with E-state index in [9.17, 15) is 26.4 Å². The first kappa shape index (κ1) is 21.0. The number of aliphatic carboxylic acids is 1. The van der Waals surface area contributed by atoms with E-state index in [0.29, 0.717) is 5.56 Å². The number of hydrogen-bond donors (Lipinski definition) is 2. The summed E-state index contributed by atoms with van der Waals surface area (Å²) in [7, 11) is -3.50. The number of ether oxygens (including phenoxy) is 1. The monoisotopic (exact) mass is 447 g/mol. The predicted octanol–water partition coefficient (Wildman–Crippen LogP) is 4.17. The molecule has 1 aliphatic heterocycles. The van der Waals surface area contributed by atoms with Gasteiger partial charge in [0.05, 0.1) is 11.8 Å². The molecule has 0 saturated heterocycles. The molecule has 0 saturated carbocycles. The average Bonchev–Trinajstić information content (AvgIpc) is 2.58. The summed E-state index contributed by atoms with van der Waals surface area (Å²) in [5, 5.41) is 9.30. The molecule has 0 bridgehead atoms. The summed E-state index contributed by atoms with van der Waals surface area (Å²) < 4.78 is 70.0. The van der Waals surface area contributed by atoms with Crippen molar-refractivity contribution in [3.05, 3.63) is 52.6 Å². The molecule has 1 unspecified atom stereocenters. The highest BCUT2D eigenvalue weighted by molar-refractivity contribution is 7.92. The van der Waals surface area contributed by atoms with E-state index >= 15 is 0 Å². The Hall–Kier alpha value is -2.72. The number of benzene rings is 2. The molecular formula is C18H13ClF3NO5S. The fraction of sp³-hybridized carbons (Fsp3) is 0.167. The zero-order chi connectivity index (χ0) is 21.6. The molecule has 0 amide bonds. The normalized spacial score (nSPS) is 16.4. The Kier molecular flexibility index (Phi) is 5.26. The molecule has 2 aromatic rings. The van der Waals surface area contributed by atoms with E-state index in [1.54, 1.807) is 0 Å². The number of anilines is 1. The van der Waals surface area contributed by atoms with Crippen molar-refractivity contribution in [1.82, 2.24) is 0 Å². The molecule has 6 nitrogen and oxygen atoms in total. The van der Waals surface area contributed by atoms with E-state index in [1.165, 1.54) is 36.4 Å². The number of carboxylic acid groups (broad SMARTS) is 1. The van der Waals surface area contributed by atoms with Crippen molar-refractivity contribution in [1.29, 1.82) is 0 Å². The van der Waals surface area contributed by atoms with Gasteiger partial charge in [0.1, 0.15) is 5.75 Å². The number of carboxylic acids is 1. The van der Waals surface area contributed by atoms with E-state index in [0.717, 1.165) is 12.3 Å². The highest BCUT2D eigenvalue weighted by Gasteiger charge is 2.48. The number of hydrogen-bond acceptors (Lipinski definition) is 4. The second-order valence-electron chi connectivity index (χ2n) is 6.27. The lowest BCUT2D eigenvalue weighted by molar-refractivity contribution is -0.187. The van der Waals surface area contributed by atoms with Crippen LogP contribution >= 0.6 is 11.6 Å². The second-order valence-corrected chi connectivity index (χ2v) is 8.45. The van der Waals surface area contributed by atoms with Gasteiger partial charge in [-0.3, -0.25) is 4.72 Å². The van der Waals surface area contributed by atoms with Crippen LogP contribution in [0.2, 0.25) is 5.02 Å². The standard InChI is InChI=1S/C18H13ClF3NO5S/c1-29(26,27)23-12-4-2-9(3-5-12)13-8-11(19)6-10-7-14(17(24)25)16(18(20,21)22)28-15(10)13/h2-8,16,23H,1H3,(H,24,25). The molecule has 2 N–H and O–H groups in total. The third-order valence-electron chi connectivity index (χ3n) is 3.96. The molecule has 2 aromatic carbocycles. The molecule has 0 aliphatic carbocycles. The van der Waals surface area contributed by atoms with E-state index in [1.807, 2.05) is 0 Å². The van der Waals surface area contributed by atoms with Crippen molar-refractivity contribution in [2.45, 2.75) is 12.3 Å². The Morgan fingerprint density at radius 3 is 2.34 bits per heavy atom. The maximum absolute atomic E-state index is 13.3. The lowest BCUT2D eigenvalue weighted by Gasteiger charge is -2.28. The Labute approximate surface area is 168 Å². The molecule has 1 heterocycles. The largest absolute Gasteiger partial charge is 0.478 e. The molecule has 0 fully saturated rings. The quantitative estimate of drug-likeness (QED) is 0.733. The molecule has 29 heavy (non-hydrogen) atoms. The van der Waals surface area contributed by atoms with Gasteiger partial charge in [-0.05, 0) is 35.9 Å². The first-order chi connectivity index (χ1) is 13.3. The van der Waals surface area contributed by atoms with Crippen molar-refractivity contribution in [3.63, 3.8) is 0 Å². The second kappa shape index (κ2) is 7.27. The van der Waals surface area contributed by atoms with E-state index in [-0.39, 0.29) is 27.6 Å². The van der Waals surface area contributed by atoms with Gasteiger partial charge in [-0.25, -0.2) is 13.2 Å². The topological polar surface area (TPSA) is 92.7 Å². The smallest absolute Gasteiger partial charge is 0.430 e. The van der Waals surface area contributed by atoms with Gasteiger partial charge in [0.25, 0.3) is 0 Å². The van der Waals surface area contributed by atoms with Crippen molar-refractivity contribution < 1.29 is 36.2 Å².